The van der Waals surface area contributed by atoms with Crippen LogP contribution in [0, 0.1) is 0 Å². The van der Waals surface area contributed by atoms with Crippen LogP contribution in [0.5, 0.6) is 0 Å². The van der Waals surface area contributed by atoms with E-state index < -0.39 is 16.1 Å². The van der Waals surface area contributed by atoms with Gasteiger partial charge in [0, 0.05) is 45.8 Å². The van der Waals surface area contributed by atoms with Crippen LogP contribution in [0.1, 0.15) is 11.8 Å². The smallest absolute Gasteiger partial charge is 0.246 e. The molecule has 0 amide bonds. The Morgan fingerprint density at radius 1 is 1.35 bits per heavy atom. The van der Waals surface area contributed by atoms with Gasteiger partial charge in [0.15, 0.2) is 5.82 Å². The molecule has 0 radical (unpaired) electrons. The predicted octanol–water partition coefficient (Wildman–Crippen LogP) is 0.0279. The summed E-state index contributed by atoms with van der Waals surface area (Å²) in [5.41, 5.74) is 0.629. The number of ether oxygens (including phenoxy) is 1. The molecule has 3 rings (SSSR count). The first-order chi connectivity index (χ1) is 11.0. The first kappa shape index (κ1) is 15.8. The molecule has 1 atom stereocenters. The maximum absolute atomic E-state index is 12.6. The summed E-state index contributed by atoms with van der Waals surface area (Å²) >= 11 is 0. The fraction of sp³-hybridized carbons (Fsp3) is 0.462. The molecule has 1 N–H and O–H groups in total. The van der Waals surface area contributed by atoms with Crippen molar-refractivity contribution in [3.05, 3.63) is 30.5 Å². The molecule has 0 spiro atoms. The molecule has 10 heteroatoms. The Hall–Kier alpha value is -2.04. The van der Waals surface area contributed by atoms with Gasteiger partial charge in [-0.2, -0.15) is 9.40 Å². The van der Waals surface area contributed by atoms with Crippen LogP contribution in [-0.4, -0.2) is 66.7 Å². The average Bonchev–Trinajstić information content (AvgIpc) is 3.10. The zero-order valence-corrected chi connectivity index (χ0v) is 13.7. The maximum Gasteiger partial charge on any atom is 0.246 e. The number of nitrogens with one attached hydrogen (secondary N) is 1. The Bertz CT molecular complexity index is 762. The Balaban J connectivity index is 1.88. The Labute approximate surface area is 134 Å². The van der Waals surface area contributed by atoms with Crippen molar-refractivity contribution in [2.75, 3.05) is 38.7 Å². The predicted molar refractivity (Wildman–Crippen MR) is 82.4 cm³/mol. The molecule has 0 bridgehead atoms. The number of hydrogen-bond donors (Lipinski definition) is 1. The van der Waals surface area contributed by atoms with E-state index in [4.69, 9.17) is 4.74 Å². The fourth-order valence-corrected chi connectivity index (χ4v) is 3.78. The summed E-state index contributed by atoms with van der Waals surface area (Å²) in [7, 11) is 0.120. The van der Waals surface area contributed by atoms with Crippen molar-refractivity contribution in [2.45, 2.75) is 11.0 Å². The van der Waals surface area contributed by atoms with Gasteiger partial charge in [-0.05, 0) is 0 Å². The molecule has 2 aromatic rings. The number of nitrogens with zero attached hydrogens (tertiary/aromatic N) is 5. The summed E-state index contributed by atoms with van der Waals surface area (Å²) in [5, 5.41) is 6.23. The highest BCUT2D eigenvalue weighted by Crippen LogP contribution is 2.29. The Morgan fingerprint density at radius 3 is 2.83 bits per heavy atom. The lowest BCUT2D eigenvalue weighted by molar-refractivity contribution is -0.00480. The fourth-order valence-electron chi connectivity index (χ4n) is 2.45. The number of aromatic nitrogens is 4. The number of hydrogen-bond acceptors (Lipinski definition) is 7. The summed E-state index contributed by atoms with van der Waals surface area (Å²) < 4.78 is 32.3. The number of sulfonamides is 1. The van der Waals surface area contributed by atoms with Crippen LogP contribution in [0.15, 0.2) is 29.7 Å². The van der Waals surface area contributed by atoms with Gasteiger partial charge in [-0.15, -0.1) is 0 Å². The second-order valence-corrected chi connectivity index (χ2v) is 7.25. The van der Waals surface area contributed by atoms with E-state index in [1.165, 1.54) is 16.7 Å². The van der Waals surface area contributed by atoms with Crippen LogP contribution < -0.4 is 4.90 Å². The summed E-state index contributed by atoms with van der Waals surface area (Å²) in [4.78, 5) is 10.6. The van der Waals surface area contributed by atoms with Crippen molar-refractivity contribution < 1.29 is 13.2 Å². The molecular formula is C13H18N6O3S. The summed E-state index contributed by atoms with van der Waals surface area (Å²) in [6.07, 6.45) is 5.38. The van der Waals surface area contributed by atoms with Crippen molar-refractivity contribution in [3.8, 4) is 0 Å². The standard InChI is InChI=1S/C13H18N6O3S/c1-18(2)13-12(14-3-4-15-13)11-9-19(5-6-22-11)23(20,21)10-7-16-17-8-10/h3-4,7-8,11H,5-6,9H2,1-2H3,(H,16,17)/t11-/m1/s1. The molecule has 1 aliphatic rings. The normalized spacial score (nSPS) is 19.7. The van der Waals surface area contributed by atoms with E-state index in [1.54, 1.807) is 12.4 Å². The van der Waals surface area contributed by atoms with Crippen LogP contribution in [0.25, 0.3) is 0 Å². The molecule has 1 aliphatic heterocycles. The minimum absolute atomic E-state index is 0.144. The highest BCUT2D eigenvalue weighted by atomic mass is 32.2. The highest BCUT2D eigenvalue weighted by Gasteiger charge is 2.34. The third kappa shape index (κ3) is 3.05. The number of anilines is 1. The molecule has 0 unspecified atom stereocenters. The summed E-state index contributed by atoms with van der Waals surface area (Å²) in [6, 6.07) is 0. The van der Waals surface area contributed by atoms with Gasteiger partial charge in [0.1, 0.15) is 16.7 Å². The number of H-pyrrole nitrogens is 1. The first-order valence-corrected chi connectivity index (χ1v) is 8.53. The second-order valence-electron chi connectivity index (χ2n) is 5.32. The van der Waals surface area contributed by atoms with Crippen LogP contribution in [0.4, 0.5) is 5.82 Å². The average molecular weight is 338 g/mol. The van der Waals surface area contributed by atoms with E-state index in [0.717, 1.165) is 0 Å². The summed E-state index contributed by atoms with van der Waals surface area (Å²) in [5.74, 6) is 0.667. The quantitative estimate of drug-likeness (QED) is 0.838. The lowest BCUT2D eigenvalue weighted by Crippen LogP contribution is -2.42. The maximum atomic E-state index is 12.6. The van der Waals surface area contributed by atoms with Gasteiger partial charge >= 0.3 is 0 Å². The molecule has 0 aromatic carbocycles. The van der Waals surface area contributed by atoms with Crippen LogP contribution in [0.2, 0.25) is 0 Å². The van der Waals surface area contributed by atoms with E-state index in [-0.39, 0.29) is 11.4 Å². The van der Waals surface area contributed by atoms with Gasteiger partial charge in [-0.3, -0.25) is 10.1 Å². The minimum Gasteiger partial charge on any atom is -0.369 e. The second kappa shape index (κ2) is 6.22. The molecule has 3 heterocycles. The van der Waals surface area contributed by atoms with Crippen molar-refractivity contribution >= 4 is 15.8 Å². The van der Waals surface area contributed by atoms with E-state index in [1.807, 2.05) is 19.0 Å². The van der Waals surface area contributed by atoms with Crippen molar-refractivity contribution in [1.82, 2.24) is 24.5 Å². The molecule has 23 heavy (non-hydrogen) atoms. The molecular weight excluding hydrogens is 320 g/mol. The lowest BCUT2D eigenvalue weighted by Gasteiger charge is -2.32. The van der Waals surface area contributed by atoms with Gasteiger partial charge in [0.2, 0.25) is 10.0 Å². The first-order valence-electron chi connectivity index (χ1n) is 7.09. The molecule has 0 aliphatic carbocycles. The molecule has 2 aromatic heterocycles. The van der Waals surface area contributed by atoms with Crippen molar-refractivity contribution in [3.63, 3.8) is 0 Å². The third-order valence-corrected chi connectivity index (χ3v) is 5.41. The summed E-state index contributed by atoms with van der Waals surface area (Å²) in [6.45, 7) is 0.778. The lowest BCUT2D eigenvalue weighted by atomic mass is 10.2. The van der Waals surface area contributed by atoms with E-state index in [0.29, 0.717) is 24.7 Å². The third-order valence-electron chi connectivity index (χ3n) is 3.57. The number of morpholine rings is 1. The number of rotatable bonds is 4. The number of aromatic amines is 1. The zero-order valence-electron chi connectivity index (χ0n) is 12.9. The highest BCUT2D eigenvalue weighted by molar-refractivity contribution is 7.89. The van der Waals surface area contributed by atoms with E-state index >= 15 is 0 Å². The SMILES string of the molecule is CN(C)c1nccnc1[C@H]1CN(S(=O)(=O)c2cn[nH]c2)CCO1. The minimum atomic E-state index is -3.59. The molecule has 124 valence electrons. The monoisotopic (exact) mass is 338 g/mol. The van der Waals surface area contributed by atoms with Crippen molar-refractivity contribution in [2.24, 2.45) is 0 Å². The van der Waals surface area contributed by atoms with Gasteiger partial charge in [-0.25, -0.2) is 13.4 Å². The molecule has 0 saturated carbocycles. The van der Waals surface area contributed by atoms with E-state index in [9.17, 15) is 8.42 Å². The van der Waals surface area contributed by atoms with Gasteiger partial charge in [0.05, 0.1) is 12.8 Å². The van der Waals surface area contributed by atoms with Crippen molar-refractivity contribution in [1.29, 1.82) is 0 Å². The van der Waals surface area contributed by atoms with Gasteiger partial charge in [0.25, 0.3) is 0 Å². The zero-order chi connectivity index (χ0) is 16.4. The molecule has 1 saturated heterocycles. The topological polar surface area (TPSA) is 104 Å². The van der Waals surface area contributed by atoms with Crippen LogP contribution in [0.3, 0.4) is 0 Å². The van der Waals surface area contributed by atoms with Gasteiger partial charge < -0.3 is 9.64 Å². The Morgan fingerprint density at radius 2 is 2.13 bits per heavy atom. The van der Waals surface area contributed by atoms with Gasteiger partial charge in [-0.1, -0.05) is 0 Å². The Kier molecular flexibility index (Phi) is 4.28. The molecule has 9 nitrogen and oxygen atoms in total. The largest absolute Gasteiger partial charge is 0.369 e. The molecule has 1 fully saturated rings. The van der Waals surface area contributed by atoms with Crippen LogP contribution >= 0.6 is 0 Å². The van der Waals surface area contributed by atoms with Crippen LogP contribution in [-0.2, 0) is 14.8 Å². The van der Waals surface area contributed by atoms with E-state index in [2.05, 4.69) is 20.2 Å².